The van der Waals surface area contributed by atoms with Gasteiger partial charge in [-0.15, -0.1) is 0 Å². The average molecular weight is 708 g/mol. The van der Waals surface area contributed by atoms with Gasteiger partial charge in [-0.1, -0.05) is 29.8 Å². The van der Waals surface area contributed by atoms with Gasteiger partial charge in [0.05, 0.1) is 11.5 Å². The highest BCUT2D eigenvalue weighted by Crippen LogP contribution is 2.39. The van der Waals surface area contributed by atoms with E-state index in [9.17, 15) is 34.1 Å². The molecule has 2 aromatic carbocycles. The summed E-state index contributed by atoms with van der Waals surface area (Å²) in [4.78, 5) is 71.9. The van der Waals surface area contributed by atoms with Crippen molar-refractivity contribution in [2.75, 3.05) is 13.2 Å². The normalized spacial score (nSPS) is 20.4. The summed E-state index contributed by atoms with van der Waals surface area (Å²) in [6, 6.07) is 8.95. The molecule has 0 radical (unpaired) electrons. The van der Waals surface area contributed by atoms with Gasteiger partial charge in [0.1, 0.15) is 18.8 Å². The van der Waals surface area contributed by atoms with Gasteiger partial charge < -0.3 is 33.2 Å². The Bertz CT molecular complexity index is 1590. The summed E-state index contributed by atoms with van der Waals surface area (Å²) in [5.41, 5.74) is -0.607. The number of nitro benzene ring substituents is 1. The minimum absolute atomic E-state index is 0.0698. The topological polar surface area (TPSA) is 193 Å². The molecule has 1 saturated heterocycles. The van der Waals surface area contributed by atoms with Crippen LogP contribution in [0.2, 0.25) is 5.02 Å². The van der Waals surface area contributed by atoms with E-state index in [1.54, 1.807) is 25.1 Å². The maximum absolute atomic E-state index is 12.3. The Hall–Kier alpha value is -4.76. The molecule has 2 aromatic rings. The standard InChI is InChI=1S/C33H38ClNO14/c1-8-43-32(40)33(6,7)49-26-12-9-21(14-25(26)35(41)42)13-23-15-22(10-11-24(23)34)28-30(46-19(4)38)31(47-20(5)39)29(45-18(3)37)27(48-28)16-44-17(2)36/h9-12,14-15,27-31H,8,13,16H2,1-7H3/t27-,28+,29?,30?,31?/m1/s1. The summed E-state index contributed by atoms with van der Waals surface area (Å²) >= 11 is 6.56. The van der Waals surface area contributed by atoms with Crippen molar-refractivity contribution in [1.82, 2.24) is 0 Å². The van der Waals surface area contributed by atoms with Crippen LogP contribution in [0.3, 0.4) is 0 Å². The first-order valence-electron chi connectivity index (χ1n) is 15.2. The summed E-state index contributed by atoms with van der Waals surface area (Å²) < 4.78 is 38.6. The van der Waals surface area contributed by atoms with Gasteiger partial charge in [0.25, 0.3) is 0 Å². The Morgan fingerprint density at radius 1 is 0.857 bits per heavy atom. The molecule has 0 spiro atoms. The molecule has 0 N–H and O–H groups in total. The number of hydrogen-bond acceptors (Lipinski definition) is 14. The van der Waals surface area contributed by atoms with Gasteiger partial charge in [0, 0.05) is 38.8 Å². The molecular formula is C33H38ClNO14. The van der Waals surface area contributed by atoms with E-state index < -0.39 is 83.2 Å². The van der Waals surface area contributed by atoms with Crippen LogP contribution >= 0.6 is 11.6 Å². The first-order valence-corrected chi connectivity index (χ1v) is 15.5. The number of esters is 5. The third-order valence-electron chi connectivity index (χ3n) is 7.14. The third-order valence-corrected chi connectivity index (χ3v) is 7.50. The molecule has 3 rings (SSSR count). The van der Waals surface area contributed by atoms with Crippen molar-refractivity contribution in [2.45, 2.75) is 91.0 Å². The predicted molar refractivity (Wildman–Crippen MR) is 170 cm³/mol. The quantitative estimate of drug-likeness (QED) is 0.123. The van der Waals surface area contributed by atoms with Crippen molar-refractivity contribution in [3.63, 3.8) is 0 Å². The lowest BCUT2D eigenvalue weighted by molar-refractivity contribution is -0.386. The van der Waals surface area contributed by atoms with Crippen LogP contribution in [0.5, 0.6) is 5.75 Å². The van der Waals surface area contributed by atoms with Crippen molar-refractivity contribution in [3.05, 3.63) is 68.2 Å². The number of nitro groups is 1. The predicted octanol–water partition coefficient (Wildman–Crippen LogP) is 4.36. The van der Waals surface area contributed by atoms with Crippen LogP contribution in [0.25, 0.3) is 0 Å². The Morgan fingerprint density at radius 2 is 1.47 bits per heavy atom. The summed E-state index contributed by atoms with van der Waals surface area (Å²) in [6.45, 7) is 8.73. The van der Waals surface area contributed by atoms with E-state index >= 15 is 0 Å². The second kappa shape index (κ2) is 16.6. The number of ether oxygens (including phenoxy) is 7. The van der Waals surface area contributed by atoms with Gasteiger partial charge in [-0.2, -0.15) is 0 Å². The highest BCUT2D eigenvalue weighted by Gasteiger charge is 2.52. The fourth-order valence-corrected chi connectivity index (χ4v) is 5.33. The SMILES string of the molecule is CCOC(=O)C(C)(C)Oc1ccc(Cc2cc([C@@H]3O[C@H](COC(C)=O)C(OC(C)=O)C(OC(C)=O)C3OC(C)=O)ccc2Cl)cc1[N+](=O)[O-]. The lowest BCUT2D eigenvalue weighted by atomic mass is 9.89. The second-order valence-electron chi connectivity index (χ2n) is 11.5. The smallest absolute Gasteiger partial charge is 0.349 e. The maximum atomic E-state index is 12.3. The molecule has 3 unspecified atom stereocenters. The molecule has 1 fully saturated rings. The molecular weight excluding hydrogens is 670 g/mol. The highest BCUT2D eigenvalue weighted by molar-refractivity contribution is 6.31. The fraction of sp³-hybridized carbons (Fsp3) is 0.485. The zero-order chi connectivity index (χ0) is 36.6. The largest absolute Gasteiger partial charge is 0.469 e. The summed E-state index contributed by atoms with van der Waals surface area (Å²) in [6.07, 6.45) is -6.30. The van der Waals surface area contributed by atoms with Crippen molar-refractivity contribution >= 4 is 47.1 Å². The number of hydrogen-bond donors (Lipinski definition) is 0. The molecule has 1 aliphatic rings. The zero-order valence-corrected chi connectivity index (χ0v) is 28.8. The van der Waals surface area contributed by atoms with Gasteiger partial charge in [-0.3, -0.25) is 29.3 Å². The summed E-state index contributed by atoms with van der Waals surface area (Å²) in [5, 5.41) is 12.3. The number of carbonyl (C=O) groups is 5. The van der Waals surface area contributed by atoms with E-state index in [2.05, 4.69) is 0 Å². The lowest BCUT2D eigenvalue weighted by Crippen LogP contribution is -2.59. The lowest BCUT2D eigenvalue weighted by Gasteiger charge is -2.44. The number of nitrogens with zero attached hydrogens (tertiary/aromatic N) is 1. The fourth-order valence-electron chi connectivity index (χ4n) is 5.15. The first kappa shape index (κ1) is 38.7. The van der Waals surface area contributed by atoms with E-state index in [-0.39, 0.29) is 23.8 Å². The molecule has 1 aliphatic heterocycles. The minimum atomic E-state index is -1.51. The van der Waals surface area contributed by atoms with Crippen molar-refractivity contribution in [1.29, 1.82) is 0 Å². The molecule has 0 bridgehead atoms. The van der Waals surface area contributed by atoms with Crippen molar-refractivity contribution < 1.29 is 62.1 Å². The van der Waals surface area contributed by atoms with Gasteiger partial charge in [-0.25, -0.2) is 4.79 Å². The Balaban J connectivity index is 2.05. The van der Waals surface area contributed by atoms with Crippen LogP contribution in [0.1, 0.15) is 71.3 Å². The number of benzene rings is 2. The van der Waals surface area contributed by atoms with Crippen LogP contribution in [0, 0.1) is 10.1 Å². The van der Waals surface area contributed by atoms with Gasteiger partial charge in [0.2, 0.25) is 5.60 Å². The molecule has 15 nitrogen and oxygen atoms in total. The minimum Gasteiger partial charge on any atom is -0.469 e. The van der Waals surface area contributed by atoms with E-state index in [1.165, 1.54) is 39.0 Å². The third kappa shape index (κ3) is 10.4. The first-order chi connectivity index (χ1) is 22.9. The van der Waals surface area contributed by atoms with Gasteiger partial charge in [0.15, 0.2) is 24.1 Å². The molecule has 5 atom stereocenters. The Labute approximate surface area is 287 Å². The summed E-state index contributed by atoms with van der Waals surface area (Å²) in [7, 11) is 0. The highest BCUT2D eigenvalue weighted by atomic mass is 35.5. The van der Waals surface area contributed by atoms with Crippen molar-refractivity contribution in [2.24, 2.45) is 0 Å². The molecule has 266 valence electrons. The molecule has 0 aliphatic carbocycles. The van der Waals surface area contributed by atoms with Crippen molar-refractivity contribution in [3.8, 4) is 5.75 Å². The van der Waals surface area contributed by atoms with Crippen LogP contribution in [0.4, 0.5) is 5.69 Å². The number of halogens is 1. The van der Waals surface area contributed by atoms with E-state index in [0.29, 0.717) is 16.7 Å². The molecule has 0 aromatic heterocycles. The van der Waals surface area contributed by atoms with Crippen LogP contribution < -0.4 is 4.74 Å². The monoisotopic (exact) mass is 707 g/mol. The Kier molecular flexibility index (Phi) is 13.1. The average Bonchev–Trinajstić information content (AvgIpc) is 2.99. The maximum Gasteiger partial charge on any atom is 0.349 e. The van der Waals surface area contributed by atoms with Gasteiger partial charge in [-0.05, 0) is 56.0 Å². The molecule has 0 saturated carbocycles. The molecule has 49 heavy (non-hydrogen) atoms. The molecule has 1 heterocycles. The zero-order valence-electron chi connectivity index (χ0n) is 28.0. The van der Waals surface area contributed by atoms with Crippen LogP contribution in [0.15, 0.2) is 36.4 Å². The van der Waals surface area contributed by atoms with E-state index in [0.717, 1.165) is 20.8 Å². The van der Waals surface area contributed by atoms with Gasteiger partial charge >= 0.3 is 35.5 Å². The van der Waals surface area contributed by atoms with Crippen LogP contribution in [-0.2, 0) is 58.8 Å². The Morgan fingerprint density at radius 3 is 2.04 bits per heavy atom. The molecule has 0 amide bonds. The number of rotatable bonds is 13. The van der Waals surface area contributed by atoms with E-state index in [1.807, 2.05) is 0 Å². The number of carbonyl (C=O) groups excluding carboxylic acids is 5. The van der Waals surface area contributed by atoms with Crippen LogP contribution in [-0.4, -0.2) is 78.0 Å². The second-order valence-corrected chi connectivity index (χ2v) is 11.9. The van der Waals surface area contributed by atoms with E-state index in [4.69, 9.17) is 44.8 Å². The molecule has 16 heteroatoms. The summed E-state index contributed by atoms with van der Waals surface area (Å²) in [5.74, 6) is -3.80.